The first-order valence-corrected chi connectivity index (χ1v) is 7.85. The predicted octanol–water partition coefficient (Wildman–Crippen LogP) is 2.75. The minimum atomic E-state index is -0.259. The van der Waals surface area contributed by atoms with Gasteiger partial charge in [0.1, 0.15) is 5.82 Å². The molecule has 20 heavy (non-hydrogen) atoms. The van der Waals surface area contributed by atoms with Gasteiger partial charge in [-0.2, -0.15) is 0 Å². The Hall–Kier alpha value is -1.17. The summed E-state index contributed by atoms with van der Waals surface area (Å²) in [5.41, 5.74) is -0.259. The van der Waals surface area contributed by atoms with Crippen LogP contribution in [0.4, 0.5) is 0 Å². The van der Waals surface area contributed by atoms with Crippen LogP contribution >= 0.6 is 11.3 Å². The van der Waals surface area contributed by atoms with Gasteiger partial charge in [-0.05, 0) is 24.8 Å². The second kappa shape index (κ2) is 6.52. The van der Waals surface area contributed by atoms with E-state index in [2.05, 4.69) is 47.1 Å². The number of nitrogens with one attached hydrogen (secondary N) is 1. The van der Waals surface area contributed by atoms with Crippen LogP contribution in [0.2, 0.25) is 0 Å². The highest BCUT2D eigenvalue weighted by molar-refractivity contribution is 7.13. The molecule has 0 aliphatic carbocycles. The van der Waals surface area contributed by atoms with E-state index < -0.39 is 0 Å². The quantitative estimate of drug-likeness (QED) is 0.825. The van der Waals surface area contributed by atoms with Gasteiger partial charge in [-0.3, -0.25) is 0 Å². The number of hydrogen-bond acceptors (Lipinski definition) is 4. The van der Waals surface area contributed by atoms with E-state index in [-0.39, 0.29) is 12.1 Å². The third-order valence-corrected chi connectivity index (χ3v) is 4.21. The highest BCUT2D eigenvalue weighted by atomic mass is 32.1. The van der Waals surface area contributed by atoms with Crippen molar-refractivity contribution in [2.45, 2.75) is 45.3 Å². The van der Waals surface area contributed by atoms with Crippen molar-refractivity contribution in [3.8, 4) is 10.7 Å². The molecular weight excluding hydrogens is 270 g/mol. The van der Waals surface area contributed by atoms with Crippen LogP contribution in [0.15, 0.2) is 29.9 Å². The molecule has 2 rings (SSSR count). The molecule has 2 aromatic heterocycles. The fourth-order valence-electron chi connectivity index (χ4n) is 2.38. The summed E-state index contributed by atoms with van der Waals surface area (Å²) in [5, 5.41) is 15.1. The van der Waals surface area contributed by atoms with Gasteiger partial charge in [0.15, 0.2) is 0 Å². The molecule has 0 bridgehead atoms. The van der Waals surface area contributed by atoms with Crippen LogP contribution in [0.25, 0.3) is 10.7 Å². The Kier molecular flexibility index (Phi) is 4.96. The summed E-state index contributed by atoms with van der Waals surface area (Å²) in [6.07, 6.45) is 4.69. The molecular formula is C15H23N3OS. The summed E-state index contributed by atoms with van der Waals surface area (Å²) in [6.45, 7) is 7.23. The molecule has 0 aliphatic rings. The summed E-state index contributed by atoms with van der Waals surface area (Å²) >= 11 is 1.70. The minimum absolute atomic E-state index is 0.133. The molecule has 2 N–H and O–H groups in total. The molecule has 1 unspecified atom stereocenters. The molecule has 4 nitrogen and oxygen atoms in total. The van der Waals surface area contributed by atoms with Crippen molar-refractivity contribution in [2.24, 2.45) is 0 Å². The van der Waals surface area contributed by atoms with E-state index in [1.54, 1.807) is 11.3 Å². The second-order valence-corrected chi connectivity index (χ2v) is 6.64. The van der Waals surface area contributed by atoms with Crippen LogP contribution in [0.3, 0.4) is 0 Å². The molecule has 0 spiro atoms. The Morgan fingerprint density at radius 3 is 2.90 bits per heavy atom. The molecule has 1 atom stereocenters. The normalized spacial score (nSPS) is 14.7. The maximum absolute atomic E-state index is 9.63. The SMILES string of the molecule is CC(C)NC(C)(CO)CCn1ccnc1-c1cccs1. The first-order chi connectivity index (χ1) is 9.54. The van der Waals surface area contributed by atoms with Crippen LogP contribution in [0, 0.1) is 0 Å². The predicted molar refractivity (Wildman–Crippen MR) is 83.9 cm³/mol. The van der Waals surface area contributed by atoms with Crippen LogP contribution in [-0.4, -0.2) is 32.8 Å². The number of hydrogen-bond donors (Lipinski definition) is 2. The van der Waals surface area contributed by atoms with E-state index in [1.807, 2.05) is 18.5 Å². The molecule has 0 saturated carbocycles. The van der Waals surface area contributed by atoms with E-state index in [0.717, 1.165) is 18.8 Å². The third kappa shape index (κ3) is 3.69. The third-order valence-electron chi connectivity index (χ3n) is 3.35. The van der Waals surface area contributed by atoms with E-state index in [1.165, 1.54) is 4.88 Å². The van der Waals surface area contributed by atoms with Gasteiger partial charge in [0.2, 0.25) is 0 Å². The molecule has 2 aromatic rings. The molecule has 2 heterocycles. The molecule has 110 valence electrons. The Labute approximate surface area is 124 Å². The van der Waals surface area contributed by atoms with E-state index in [0.29, 0.717) is 6.04 Å². The number of thiophene rings is 1. The topological polar surface area (TPSA) is 50.1 Å². The van der Waals surface area contributed by atoms with Gasteiger partial charge in [0.05, 0.1) is 11.5 Å². The van der Waals surface area contributed by atoms with Crippen molar-refractivity contribution in [3.05, 3.63) is 29.9 Å². The average Bonchev–Trinajstić information content (AvgIpc) is 3.06. The average molecular weight is 293 g/mol. The van der Waals surface area contributed by atoms with Crippen LogP contribution in [-0.2, 0) is 6.54 Å². The molecule has 5 heteroatoms. The van der Waals surface area contributed by atoms with Crippen molar-refractivity contribution < 1.29 is 5.11 Å². The van der Waals surface area contributed by atoms with Gasteiger partial charge in [-0.15, -0.1) is 11.3 Å². The Morgan fingerprint density at radius 1 is 1.50 bits per heavy atom. The van der Waals surface area contributed by atoms with Crippen molar-refractivity contribution in [3.63, 3.8) is 0 Å². The molecule has 0 fully saturated rings. The standard InChI is InChI=1S/C15H23N3OS/c1-12(2)17-15(3,11-19)6-8-18-9-7-16-14(18)13-5-4-10-20-13/h4-5,7,9-10,12,17,19H,6,8,11H2,1-3H3. The van der Waals surface area contributed by atoms with Gasteiger partial charge < -0.3 is 15.0 Å². The first kappa shape index (κ1) is 15.2. The number of nitrogens with zero attached hydrogens (tertiary/aromatic N) is 2. The van der Waals surface area contributed by atoms with Crippen LogP contribution in [0.5, 0.6) is 0 Å². The largest absolute Gasteiger partial charge is 0.394 e. The van der Waals surface area contributed by atoms with Gasteiger partial charge >= 0.3 is 0 Å². The highest BCUT2D eigenvalue weighted by Crippen LogP contribution is 2.24. The van der Waals surface area contributed by atoms with Gasteiger partial charge in [0.25, 0.3) is 0 Å². The maximum Gasteiger partial charge on any atom is 0.149 e. The Morgan fingerprint density at radius 2 is 2.30 bits per heavy atom. The molecule has 0 radical (unpaired) electrons. The number of aromatic nitrogens is 2. The Balaban J connectivity index is 2.06. The Bertz CT molecular complexity index is 521. The van der Waals surface area contributed by atoms with Crippen molar-refractivity contribution in [2.75, 3.05) is 6.61 Å². The van der Waals surface area contributed by atoms with Crippen LogP contribution < -0.4 is 5.32 Å². The van der Waals surface area contributed by atoms with E-state index >= 15 is 0 Å². The number of aliphatic hydroxyl groups is 1. The van der Waals surface area contributed by atoms with Gasteiger partial charge in [-0.25, -0.2) is 4.98 Å². The number of aliphatic hydroxyl groups excluding tert-OH is 1. The van der Waals surface area contributed by atoms with Crippen LogP contribution in [0.1, 0.15) is 27.2 Å². The lowest BCUT2D eigenvalue weighted by Crippen LogP contribution is -2.49. The highest BCUT2D eigenvalue weighted by Gasteiger charge is 2.24. The summed E-state index contributed by atoms with van der Waals surface area (Å²) in [4.78, 5) is 5.61. The number of imidazole rings is 1. The van der Waals surface area contributed by atoms with Crippen molar-refractivity contribution in [1.29, 1.82) is 0 Å². The second-order valence-electron chi connectivity index (χ2n) is 5.69. The van der Waals surface area contributed by atoms with Crippen molar-refractivity contribution >= 4 is 11.3 Å². The first-order valence-electron chi connectivity index (χ1n) is 6.98. The summed E-state index contributed by atoms with van der Waals surface area (Å²) in [7, 11) is 0. The fourth-order valence-corrected chi connectivity index (χ4v) is 3.12. The molecule has 0 amide bonds. The zero-order valence-electron chi connectivity index (χ0n) is 12.3. The fraction of sp³-hybridized carbons (Fsp3) is 0.533. The lowest BCUT2D eigenvalue weighted by molar-refractivity contribution is 0.152. The molecule has 0 aromatic carbocycles. The van der Waals surface area contributed by atoms with Crippen molar-refractivity contribution in [1.82, 2.24) is 14.9 Å². The summed E-state index contributed by atoms with van der Waals surface area (Å²) < 4.78 is 2.15. The van der Waals surface area contributed by atoms with Gasteiger partial charge in [0, 0.05) is 30.5 Å². The zero-order chi connectivity index (χ0) is 14.6. The molecule has 0 saturated heterocycles. The van der Waals surface area contributed by atoms with E-state index in [9.17, 15) is 5.11 Å². The summed E-state index contributed by atoms with van der Waals surface area (Å²) in [5.74, 6) is 1.00. The monoisotopic (exact) mass is 293 g/mol. The number of rotatable bonds is 7. The smallest absolute Gasteiger partial charge is 0.149 e. The zero-order valence-corrected chi connectivity index (χ0v) is 13.2. The van der Waals surface area contributed by atoms with Gasteiger partial charge in [-0.1, -0.05) is 19.9 Å². The lowest BCUT2D eigenvalue weighted by atomic mass is 9.98. The summed E-state index contributed by atoms with van der Waals surface area (Å²) in [6, 6.07) is 4.48. The van der Waals surface area contributed by atoms with E-state index in [4.69, 9.17) is 0 Å². The number of aryl methyl sites for hydroxylation is 1. The molecule has 0 aliphatic heterocycles. The maximum atomic E-state index is 9.63. The lowest BCUT2D eigenvalue weighted by Gasteiger charge is -2.31. The minimum Gasteiger partial charge on any atom is -0.394 e.